The van der Waals surface area contributed by atoms with Crippen molar-refractivity contribution in [3.8, 4) is 0 Å². The quantitative estimate of drug-likeness (QED) is 0.287. The van der Waals surface area contributed by atoms with Gasteiger partial charge in [0.15, 0.2) is 0 Å². The predicted octanol–water partition coefficient (Wildman–Crippen LogP) is -4.34. The Labute approximate surface area is 109 Å². The van der Waals surface area contributed by atoms with Gasteiger partial charge in [0.1, 0.15) is 0 Å². The maximum absolute atomic E-state index is 8.36. The van der Waals surface area contributed by atoms with E-state index in [4.69, 9.17) is 46.0 Å². The molecule has 0 bridgehead atoms. The molecule has 16 nitrogen and oxygen atoms in total. The zero-order valence-corrected chi connectivity index (χ0v) is 9.51. The van der Waals surface area contributed by atoms with Crippen LogP contribution in [0.15, 0.2) is 0 Å². The minimum atomic E-state index is -1.50. The van der Waals surface area contributed by atoms with E-state index >= 15 is 0 Å². The van der Waals surface area contributed by atoms with E-state index in [1.54, 1.807) is 0 Å². The van der Waals surface area contributed by atoms with Crippen molar-refractivity contribution in [3.63, 3.8) is 0 Å². The van der Waals surface area contributed by atoms with Crippen molar-refractivity contribution in [2.75, 3.05) is 0 Å². The second-order valence-electron chi connectivity index (χ2n) is 0.714. The van der Waals surface area contributed by atoms with E-state index in [0.717, 1.165) is 0 Å². The van der Waals surface area contributed by atoms with Crippen LogP contribution >= 0.6 is 0 Å². The molecule has 0 fully saturated rings. The van der Waals surface area contributed by atoms with Crippen LogP contribution in [0.2, 0.25) is 0 Å². The fourth-order valence-corrected chi connectivity index (χ4v) is 0. The molecule has 0 aliphatic carbocycles. The van der Waals surface area contributed by atoms with E-state index in [1.807, 2.05) is 0 Å². The van der Waals surface area contributed by atoms with Gasteiger partial charge in [0.25, 0.3) is 15.3 Å². The monoisotopic (exact) mass is 306 g/mol. The average molecular weight is 306 g/mol. The van der Waals surface area contributed by atoms with E-state index in [-0.39, 0.29) is 47.7 Å². The zero-order chi connectivity index (χ0) is 10.7. The average Bonchev–Trinajstić information content (AvgIpc) is 1.54. The molecule has 0 spiro atoms. The van der Waals surface area contributed by atoms with Gasteiger partial charge in [-0.2, -0.15) is 0 Å². The minimum absolute atomic E-state index is 0. The summed E-state index contributed by atoms with van der Waals surface area (Å²) in [7, 11) is 0. The third-order valence-corrected chi connectivity index (χ3v) is 0. The summed E-state index contributed by atoms with van der Waals surface area (Å²) in [6.07, 6.45) is 0. The van der Waals surface area contributed by atoms with Crippen LogP contribution in [-0.2, 0) is 25.8 Å². The molecule has 0 rings (SSSR count). The summed E-state index contributed by atoms with van der Waals surface area (Å²) in [6, 6.07) is 0. The van der Waals surface area contributed by atoms with Crippen molar-refractivity contribution in [2.24, 2.45) is 0 Å². The maximum Gasteiger partial charge on any atom is 0.291 e. The van der Waals surface area contributed by atoms with Crippen LogP contribution in [0.5, 0.6) is 0 Å². The van der Waals surface area contributed by atoms with Gasteiger partial charge in [0.05, 0.1) is 0 Å². The largest absolute Gasteiger partial charge is 0.412 e. The van der Waals surface area contributed by atoms with Crippen LogP contribution in [0.25, 0.3) is 0 Å². The summed E-state index contributed by atoms with van der Waals surface area (Å²) in [4.78, 5) is 25.1. The Morgan fingerprint density at radius 3 is 0.588 bits per heavy atom. The van der Waals surface area contributed by atoms with Crippen LogP contribution in [0, 0.1) is 30.3 Å². The Morgan fingerprint density at radius 1 is 0.588 bits per heavy atom. The smallest absolute Gasteiger partial charge is 0.291 e. The van der Waals surface area contributed by atoms with Crippen molar-refractivity contribution in [3.05, 3.63) is 30.3 Å². The Morgan fingerprint density at radius 2 is 0.588 bits per heavy atom. The summed E-state index contributed by atoms with van der Waals surface area (Å²) in [5.41, 5.74) is 0. The molecular formula is H11N3O13Sc. The van der Waals surface area contributed by atoms with Crippen molar-refractivity contribution >= 4 is 0 Å². The van der Waals surface area contributed by atoms with Crippen LogP contribution in [0.3, 0.4) is 0 Å². The summed E-state index contributed by atoms with van der Waals surface area (Å²) in [5.74, 6) is 0. The molecule has 0 heterocycles. The van der Waals surface area contributed by atoms with E-state index in [1.165, 1.54) is 0 Å². The minimum Gasteiger partial charge on any atom is -0.412 e. The van der Waals surface area contributed by atoms with Crippen molar-refractivity contribution in [1.29, 1.82) is 0 Å². The molecule has 0 aromatic heterocycles. The Bertz CT molecular complexity index is 114. The fraction of sp³-hybridized carbons (Fsp3) is 0. The molecule has 17 heavy (non-hydrogen) atoms. The van der Waals surface area contributed by atoms with Gasteiger partial charge < -0.3 is 37.5 Å². The molecule has 0 aliphatic rings. The second kappa shape index (κ2) is 47.4. The van der Waals surface area contributed by atoms with Crippen LogP contribution in [0.1, 0.15) is 0 Å². The second-order valence-corrected chi connectivity index (χ2v) is 0.714. The van der Waals surface area contributed by atoms with Crippen LogP contribution in [0.4, 0.5) is 0 Å². The maximum atomic E-state index is 8.36. The van der Waals surface area contributed by atoms with E-state index < -0.39 is 15.3 Å². The van der Waals surface area contributed by atoms with E-state index in [2.05, 4.69) is 0 Å². The number of rotatable bonds is 0. The molecule has 0 aliphatic heterocycles. The summed E-state index contributed by atoms with van der Waals surface area (Å²) in [6.45, 7) is 0. The first-order chi connectivity index (χ1) is 5.20. The summed E-state index contributed by atoms with van der Waals surface area (Å²) >= 11 is 0. The van der Waals surface area contributed by atoms with Crippen molar-refractivity contribution in [2.45, 2.75) is 0 Å². The first-order valence-electron chi connectivity index (χ1n) is 1.70. The van der Waals surface area contributed by atoms with Crippen LogP contribution in [-0.4, -0.2) is 52.8 Å². The van der Waals surface area contributed by atoms with Gasteiger partial charge >= 0.3 is 0 Å². The normalized spacial score (nSPS) is 4.24. The number of nitrogens with zero attached hydrogens (tertiary/aromatic N) is 3. The van der Waals surface area contributed by atoms with Crippen LogP contribution < -0.4 is 0 Å². The van der Waals surface area contributed by atoms with Gasteiger partial charge in [-0.1, -0.05) is 0 Å². The number of hydrogen-bond donors (Lipinski definition) is 3. The van der Waals surface area contributed by atoms with Crippen molar-refractivity contribution in [1.82, 2.24) is 0 Å². The van der Waals surface area contributed by atoms with Gasteiger partial charge in [0.2, 0.25) is 0 Å². The predicted molar refractivity (Wildman–Crippen MR) is 40.8 cm³/mol. The molecule has 1 radical (unpaired) electrons. The topological polar surface area (TPSA) is 316 Å². The molecule has 11 N–H and O–H groups in total. The van der Waals surface area contributed by atoms with E-state index in [9.17, 15) is 0 Å². The molecule has 0 saturated heterocycles. The standard InChI is InChI=1S/3HNO3.4H2O.Sc/c3*2-1(3)4;;;;;/h3*(H,2,3,4);4*1H2;. The van der Waals surface area contributed by atoms with Gasteiger partial charge in [-0.3, -0.25) is 0 Å². The SMILES string of the molecule is O.O.O.O.O=[N+]([O-])O.O=[N+]([O-])O.O=[N+]([O-])O.[Sc]. The molecule has 0 amide bonds. The molecule has 0 atom stereocenters. The Kier molecular flexibility index (Phi) is 164. The summed E-state index contributed by atoms with van der Waals surface area (Å²) < 4.78 is 0. The molecule has 0 saturated carbocycles. The first kappa shape index (κ1) is 58.7. The molecule has 17 heteroatoms. The third-order valence-electron chi connectivity index (χ3n) is 0. The van der Waals surface area contributed by atoms with Gasteiger partial charge in [-0.25, -0.2) is 0 Å². The molecule has 0 unspecified atom stereocenters. The van der Waals surface area contributed by atoms with Gasteiger partial charge in [-0.05, 0) is 0 Å². The van der Waals surface area contributed by atoms with Gasteiger partial charge in [-0.15, -0.1) is 30.3 Å². The Hall–Kier alpha value is -1.69. The first-order valence-corrected chi connectivity index (χ1v) is 1.70. The molecule has 107 valence electrons. The molecule has 0 aromatic rings. The Balaban J connectivity index is -0.0000000104. The van der Waals surface area contributed by atoms with Crippen molar-refractivity contribution < 1.29 is 78.6 Å². The van der Waals surface area contributed by atoms with E-state index in [0.29, 0.717) is 0 Å². The molecular weight excluding hydrogens is 295 g/mol. The zero-order valence-electron chi connectivity index (χ0n) is 7.71. The number of hydrogen-bond acceptors (Lipinski definition) is 6. The fourth-order valence-electron chi connectivity index (χ4n) is 0. The molecule has 0 aromatic carbocycles. The summed E-state index contributed by atoms with van der Waals surface area (Å²) in [5, 5.41) is 40.9. The third kappa shape index (κ3) is 759. The van der Waals surface area contributed by atoms with Gasteiger partial charge in [0, 0.05) is 25.8 Å².